The van der Waals surface area contributed by atoms with Crippen molar-refractivity contribution in [3.8, 4) is 23.0 Å². The van der Waals surface area contributed by atoms with Crippen LogP contribution in [0.3, 0.4) is 0 Å². The van der Waals surface area contributed by atoms with Crippen molar-refractivity contribution in [2.75, 3.05) is 12.4 Å². The summed E-state index contributed by atoms with van der Waals surface area (Å²) >= 11 is 0. The zero-order valence-electron chi connectivity index (χ0n) is 14.4. The number of nitrogens with zero attached hydrogens (tertiary/aromatic N) is 5. The predicted octanol–water partition coefficient (Wildman–Crippen LogP) is 1.43. The molecule has 1 atom stereocenters. The average molecular weight is 379 g/mol. The molecular formula is C17H13N7O4. The number of aromatic hydroxyl groups is 1. The van der Waals surface area contributed by atoms with Gasteiger partial charge in [0.05, 0.1) is 13.4 Å². The van der Waals surface area contributed by atoms with Crippen molar-refractivity contribution in [1.29, 1.82) is 0 Å². The summed E-state index contributed by atoms with van der Waals surface area (Å²) in [7, 11) is 1.46. The number of ether oxygens (including phenoxy) is 1. The van der Waals surface area contributed by atoms with Crippen molar-refractivity contribution >= 4 is 11.6 Å². The Morgan fingerprint density at radius 1 is 1.32 bits per heavy atom. The number of phenols is 1. The van der Waals surface area contributed by atoms with E-state index < -0.39 is 11.6 Å². The molecule has 1 aliphatic rings. The van der Waals surface area contributed by atoms with Crippen molar-refractivity contribution in [1.82, 2.24) is 30.4 Å². The standard InChI is InChI=1S/C17H13N7O4/c1-27-11-7-8(4-5-9(11)25)15-12-13(10-3-2-6-28-10)19-20-16(26)14(12)18-17-21-22-23-24(15)17/h2-7,15,25H,1H3,(H,20,26)(H,18,21,23). The first-order valence-electron chi connectivity index (χ1n) is 8.25. The summed E-state index contributed by atoms with van der Waals surface area (Å²) in [5, 5.41) is 31.3. The summed E-state index contributed by atoms with van der Waals surface area (Å²) in [6.45, 7) is 0. The first-order chi connectivity index (χ1) is 13.7. The number of H-pyrrole nitrogens is 1. The molecule has 11 heteroatoms. The summed E-state index contributed by atoms with van der Waals surface area (Å²) in [5.74, 6) is 1.05. The monoisotopic (exact) mass is 379 g/mol. The van der Waals surface area contributed by atoms with Gasteiger partial charge >= 0.3 is 0 Å². The fraction of sp³-hybridized carbons (Fsp3) is 0.118. The summed E-state index contributed by atoms with van der Waals surface area (Å²) in [6, 6.07) is 7.73. The first-order valence-corrected chi connectivity index (χ1v) is 8.25. The van der Waals surface area contributed by atoms with Crippen molar-refractivity contribution < 1.29 is 14.3 Å². The molecule has 0 fully saturated rings. The van der Waals surface area contributed by atoms with Crippen LogP contribution < -0.4 is 15.6 Å². The fourth-order valence-electron chi connectivity index (χ4n) is 3.31. The van der Waals surface area contributed by atoms with Gasteiger partial charge in [-0.15, -0.1) is 0 Å². The molecule has 5 rings (SSSR count). The lowest BCUT2D eigenvalue weighted by molar-refractivity contribution is 0.372. The van der Waals surface area contributed by atoms with Gasteiger partial charge in [0, 0.05) is 5.56 Å². The minimum Gasteiger partial charge on any atom is -0.504 e. The third-order valence-corrected chi connectivity index (χ3v) is 4.54. The quantitative estimate of drug-likeness (QED) is 0.424. The molecule has 0 spiro atoms. The highest BCUT2D eigenvalue weighted by Crippen LogP contribution is 2.42. The number of hydrogen-bond acceptors (Lipinski definition) is 9. The van der Waals surface area contributed by atoms with Crippen LogP contribution in [0.5, 0.6) is 11.5 Å². The molecule has 1 unspecified atom stereocenters. The van der Waals surface area contributed by atoms with E-state index in [9.17, 15) is 9.90 Å². The number of fused-ring (bicyclic) bond motifs is 2. The van der Waals surface area contributed by atoms with Crippen LogP contribution in [0.4, 0.5) is 11.6 Å². The Labute approximate surface area is 156 Å². The van der Waals surface area contributed by atoms with Crippen molar-refractivity contribution in [3.63, 3.8) is 0 Å². The van der Waals surface area contributed by atoms with Crippen LogP contribution in [0, 0.1) is 0 Å². The highest BCUT2D eigenvalue weighted by Gasteiger charge is 2.35. The number of phenolic OH excluding ortho intramolecular Hbond substituents is 1. The van der Waals surface area contributed by atoms with Gasteiger partial charge in [0.2, 0.25) is 5.95 Å². The molecule has 28 heavy (non-hydrogen) atoms. The molecule has 4 aromatic rings. The van der Waals surface area contributed by atoms with Gasteiger partial charge in [-0.05, 0) is 40.3 Å². The predicted molar refractivity (Wildman–Crippen MR) is 95.6 cm³/mol. The van der Waals surface area contributed by atoms with Gasteiger partial charge in [0.25, 0.3) is 5.56 Å². The van der Waals surface area contributed by atoms with E-state index in [0.717, 1.165) is 0 Å². The molecule has 3 N–H and O–H groups in total. The Bertz CT molecular complexity index is 1230. The molecule has 0 saturated heterocycles. The van der Waals surface area contributed by atoms with E-state index in [1.54, 1.807) is 24.3 Å². The number of anilines is 2. The molecule has 0 bridgehead atoms. The van der Waals surface area contributed by atoms with E-state index in [0.29, 0.717) is 28.5 Å². The van der Waals surface area contributed by atoms with Crippen molar-refractivity contribution in [3.05, 3.63) is 58.1 Å². The molecule has 140 valence electrons. The lowest BCUT2D eigenvalue weighted by atomic mass is 9.94. The molecular weight excluding hydrogens is 366 g/mol. The smallest absolute Gasteiger partial charge is 0.288 e. The Hall–Kier alpha value is -4.15. The minimum absolute atomic E-state index is 0.00682. The summed E-state index contributed by atoms with van der Waals surface area (Å²) in [6.07, 6.45) is 1.52. The number of aromatic amines is 1. The summed E-state index contributed by atoms with van der Waals surface area (Å²) in [4.78, 5) is 12.5. The normalized spacial score (nSPS) is 14.8. The molecule has 1 aliphatic heterocycles. The lowest BCUT2D eigenvalue weighted by Crippen LogP contribution is -2.29. The Balaban J connectivity index is 1.82. The second kappa shape index (κ2) is 5.94. The minimum atomic E-state index is -0.606. The van der Waals surface area contributed by atoms with Gasteiger partial charge in [-0.25, -0.2) is 5.10 Å². The highest BCUT2D eigenvalue weighted by atomic mass is 16.5. The highest BCUT2D eigenvalue weighted by molar-refractivity contribution is 5.73. The molecule has 1 aromatic carbocycles. The Morgan fingerprint density at radius 2 is 2.21 bits per heavy atom. The van der Waals surface area contributed by atoms with E-state index in [4.69, 9.17) is 9.15 Å². The molecule has 0 amide bonds. The molecule has 3 aromatic heterocycles. The van der Waals surface area contributed by atoms with Crippen LogP contribution in [-0.4, -0.2) is 42.6 Å². The van der Waals surface area contributed by atoms with Gasteiger partial charge in [-0.3, -0.25) is 4.79 Å². The number of nitrogens with one attached hydrogen (secondary N) is 2. The Kier molecular flexibility index (Phi) is 3.41. The van der Waals surface area contributed by atoms with Crippen molar-refractivity contribution in [2.24, 2.45) is 0 Å². The number of tetrazole rings is 1. The number of methoxy groups -OCH3 is 1. The van der Waals surface area contributed by atoms with E-state index in [1.807, 2.05) is 0 Å². The van der Waals surface area contributed by atoms with Gasteiger partial charge in [-0.2, -0.15) is 9.78 Å². The maximum absolute atomic E-state index is 12.5. The van der Waals surface area contributed by atoms with Crippen LogP contribution in [0.2, 0.25) is 0 Å². The number of hydrogen-bond donors (Lipinski definition) is 3. The number of rotatable bonds is 3. The number of furan rings is 1. The third kappa shape index (κ3) is 2.26. The maximum Gasteiger partial charge on any atom is 0.288 e. The summed E-state index contributed by atoms with van der Waals surface area (Å²) in [5.41, 5.74) is 1.50. The van der Waals surface area contributed by atoms with E-state index in [1.165, 1.54) is 24.1 Å². The largest absolute Gasteiger partial charge is 0.504 e. The van der Waals surface area contributed by atoms with E-state index in [2.05, 4.69) is 31.0 Å². The summed E-state index contributed by atoms with van der Waals surface area (Å²) < 4.78 is 12.3. The zero-order valence-corrected chi connectivity index (χ0v) is 14.4. The van der Waals surface area contributed by atoms with Crippen LogP contribution in [0.1, 0.15) is 17.2 Å². The molecule has 11 nitrogen and oxygen atoms in total. The van der Waals surface area contributed by atoms with Crippen molar-refractivity contribution in [2.45, 2.75) is 6.04 Å². The van der Waals surface area contributed by atoms with Gasteiger partial charge in [0.15, 0.2) is 17.3 Å². The van der Waals surface area contributed by atoms with Crippen LogP contribution in [-0.2, 0) is 0 Å². The average Bonchev–Trinajstić information content (AvgIpc) is 3.39. The Morgan fingerprint density at radius 3 is 3.00 bits per heavy atom. The van der Waals surface area contributed by atoms with E-state index in [-0.39, 0.29) is 17.2 Å². The molecule has 0 saturated carbocycles. The molecule has 4 heterocycles. The maximum atomic E-state index is 12.5. The van der Waals surface area contributed by atoms with Crippen LogP contribution in [0.25, 0.3) is 11.5 Å². The number of benzene rings is 1. The van der Waals surface area contributed by atoms with Gasteiger partial charge in [0.1, 0.15) is 17.4 Å². The fourth-order valence-corrected chi connectivity index (χ4v) is 3.31. The van der Waals surface area contributed by atoms with Crippen LogP contribution in [0.15, 0.2) is 45.8 Å². The number of aromatic nitrogens is 6. The van der Waals surface area contributed by atoms with Gasteiger partial charge in [-0.1, -0.05) is 11.2 Å². The topological polar surface area (TPSA) is 144 Å². The van der Waals surface area contributed by atoms with Crippen LogP contribution >= 0.6 is 0 Å². The SMILES string of the molecule is COc1cc(C2c3c(-c4ccco4)n[nH]c(=O)c3Nc3nnnn32)ccc1O. The zero-order chi connectivity index (χ0) is 19.3. The second-order valence-electron chi connectivity index (χ2n) is 6.07. The lowest BCUT2D eigenvalue weighted by Gasteiger charge is -2.27. The third-order valence-electron chi connectivity index (χ3n) is 4.54. The second-order valence-corrected chi connectivity index (χ2v) is 6.07. The van der Waals surface area contributed by atoms with Gasteiger partial charge < -0.3 is 19.6 Å². The molecule has 0 radical (unpaired) electrons. The molecule has 0 aliphatic carbocycles. The first kappa shape index (κ1) is 16.1. The van der Waals surface area contributed by atoms with E-state index >= 15 is 0 Å².